The molecule has 2 nitrogen and oxygen atoms in total. The normalized spacial score (nSPS) is 10.4. The maximum absolute atomic E-state index is 8.88. The zero-order valence-electron chi connectivity index (χ0n) is 6.44. The van der Waals surface area contributed by atoms with Crippen molar-refractivity contribution in [3.63, 3.8) is 0 Å². The molecular weight excluding hydrogens is 150 g/mol. The monoisotopic (exact) mass is 158 g/mol. The number of nitrogens with zero attached hydrogens (tertiary/aromatic N) is 1. The van der Waals surface area contributed by atoms with E-state index in [0.29, 0.717) is 0 Å². The number of rotatable bonds is 1. The first-order valence-corrected chi connectivity index (χ1v) is 3.73. The Kier molecular flexibility index (Phi) is 1.76. The second-order valence-corrected chi connectivity index (χ2v) is 2.55. The topological polar surface area (TPSA) is 33.1 Å². The highest BCUT2D eigenvalue weighted by Crippen LogP contribution is 2.16. The fourth-order valence-corrected chi connectivity index (χ4v) is 1.23. The summed E-state index contributed by atoms with van der Waals surface area (Å²) in [6, 6.07) is 9.49. The van der Waals surface area contributed by atoms with Gasteiger partial charge in [-0.05, 0) is 17.7 Å². The Labute approximate surface area is 70.5 Å². The van der Waals surface area contributed by atoms with Gasteiger partial charge in [0, 0.05) is 11.6 Å². The predicted molar refractivity (Wildman–Crippen MR) is 47.1 cm³/mol. The van der Waals surface area contributed by atoms with Crippen LogP contribution in [0.5, 0.6) is 0 Å². The van der Waals surface area contributed by atoms with E-state index in [1.807, 2.05) is 24.3 Å². The Morgan fingerprint density at radius 2 is 2.00 bits per heavy atom. The maximum atomic E-state index is 8.88. The lowest BCUT2D eigenvalue weighted by Crippen LogP contribution is -1.84. The summed E-state index contributed by atoms with van der Waals surface area (Å²) in [6.45, 7) is 1.10. The molecule has 0 aliphatic carbocycles. The van der Waals surface area contributed by atoms with E-state index >= 15 is 0 Å². The van der Waals surface area contributed by atoms with E-state index in [-0.39, 0.29) is 0 Å². The van der Waals surface area contributed by atoms with Gasteiger partial charge in [-0.1, -0.05) is 18.2 Å². The van der Waals surface area contributed by atoms with Crippen LogP contribution in [0.25, 0.3) is 10.9 Å². The van der Waals surface area contributed by atoms with Crippen molar-refractivity contribution in [2.75, 3.05) is 0 Å². The number of hydrogen-bond donors (Lipinski definition) is 1. The number of para-hydroxylation sites is 1. The fourth-order valence-electron chi connectivity index (χ4n) is 1.23. The molecule has 1 aromatic heterocycles. The molecule has 0 fully saturated rings. The first-order chi connectivity index (χ1) is 5.92. The highest BCUT2D eigenvalue weighted by atomic mass is 16.3. The van der Waals surface area contributed by atoms with Crippen molar-refractivity contribution in [1.29, 1.82) is 0 Å². The number of benzene rings is 1. The summed E-state index contributed by atoms with van der Waals surface area (Å²) in [5.74, 6) is 0. The molecule has 0 saturated carbocycles. The van der Waals surface area contributed by atoms with Crippen molar-refractivity contribution in [2.24, 2.45) is 0 Å². The van der Waals surface area contributed by atoms with Gasteiger partial charge in [0.05, 0.1) is 5.52 Å². The zero-order chi connectivity index (χ0) is 8.39. The average molecular weight is 158 g/mol. The maximum Gasteiger partial charge on any atom is 0.110 e. The Bertz CT molecular complexity index is 392. The zero-order valence-corrected chi connectivity index (χ0v) is 6.44. The summed E-state index contributed by atoms with van der Waals surface area (Å²) in [4.78, 5) is 4.16. The van der Waals surface area contributed by atoms with Crippen molar-refractivity contribution in [3.05, 3.63) is 48.7 Å². The highest BCUT2D eigenvalue weighted by Gasteiger charge is 1.98. The molecule has 12 heavy (non-hydrogen) atoms. The molecule has 0 spiro atoms. The number of aliphatic hydroxyl groups excluding tert-OH is 1. The molecule has 0 saturated heterocycles. The van der Waals surface area contributed by atoms with Crippen molar-refractivity contribution >= 4 is 10.9 Å². The lowest BCUT2D eigenvalue weighted by Gasteiger charge is -2.00. The van der Waals surface area contributed by atoms with Crippen molar-refractivity contribution in [3.8, 4) is 0 Å². The molecule has 59 valence electrons. The summed E-state index contributed by atoms with van der Waals surface area (Å²) < 4.78 is 0. The number of fused-ring (bicyclic) bond motifs is 1. The molecule has 2 aromatic rings. The highest BCUT2D eigenvalue weighted by molar-refractivity contribution is 5.82. The van der Waals surface area contributed by atoms with Crippen molar-refractivity contribution < 1.29 is 5.11 Å². The Balaban J connectivity index is 2.79. The summed E-state index contributed by atoms with van der Waals surface area (Å²) in [6.07, 6.45) is 1.68. The van der Waals surface area contributed by atoms with Gasteiger partial charge in [-0.2, -0.15) is 0 Å². The van der Waals surface area contributed by atoms with Crippen molar-refractivity contribution in [1.82, 2.24) is 4.98 Å². The van der Waals surface area contributed by atoms with Crippen LogP contribution in [0.3, 0.4) is 0 Å². The van der Waals surface area contributed by atoms with Crippen LogP contribution in [-0.4, -0.2) is 10.1 Å². The van der Waals surface area contributed by atoms with E-state index in [0.717, 1.165) is 23.1 Å². The molecule has 0 aliphatic heterocycles. The first-order valence-electron chi connectivity index (χ1n) is 3.73. The van der Waals surface area contributed by atoms with E-state index < -0.39 is 0 Å². The van der Waals surface area contributed by atoms with Gasteiger partial charge in [0.25, 0.3) is 0 Å². The molecule has 2 rings (SSSR count). The summed E-state index contributed by atoms with van der Waals surface area (Å²) >= 11 is 0. The molecule has 1 radical (unpaired) electrons. The largest absolute Gasteiger partial charge is 0.385 e. The first kappa shape index (κ1) is 7.25. The quantitative estimate of drug-likeness (QED) is 0.689. The average Bonchev–Trinajstić information content (AvgIpc) is 2.17. The van der Waals surface area contributed by atoms with Gasteiger partial charge in [0.15, 0.2) is 0 Å². The van der Waals surface area contributed by atoms with Crippen LogP contribution in [0.4, 0.5) is 0 Å². The molecule has 0 unspecified atom stereocenters. The second kappa shape index (κ2) is 2.91. The molecule has 0 amide bonds. The predicted octanol–water partition coefficient (Wildman–Crippen LogP) is 2.12. The van der Waals surface area contributed by atoms with Gasteiger partial charge in [-0.25, -0.2) is 0 Å². The van der Waals surface area contributed by atoms with Gasteiger partial charge in [-0.15, -0.1) is 0 Å². The second-order valence-electron chi connectivity index (χ2n) is 2.55. The van der Waals surface area contributed by atoms with Crippen LogP contribution in [-0.2, 0) is 0 Å². The summed E-state index contributed by atoms with van der Waals surface area (Å²) in [7, 11) is 0. The molecule has 2 heteroatoms. The lowest BCUT2D eigenvalue weighted by molar-refractivity contribution is 0.416. The van der Waals surface area contributed by atoms with Gasteiger partial charge in [0.2, 0.25) is 0 Å². The molecule has 0 bridgehead atoms. The third-order valence-corrected chi connectivity index (χ3v) is 1.82. The SMILES string of the molecule is O[CH]c1ccnc2ccccc12. The molecule has 0 atom stereocenters. The molecule has 1 aromatic carbocycles. The van der Waals surface area contributed by atoms with Gasteiger partial charge < -0.3 is 5.11 Å². The van der Waals surface area contributed by atoms with Crippen LogP contribution in [0.2, 0.25) is 0 Å². The number of pyridine rings is 1. The number of aliphatic hydroxyl groups is 1. The van der Waals surface area contributed by atoms with E-state index in [1.54, 1.807) is 12.3 Å². The molecular formula is C10H8NO. The van der Waals surface area contributed by atoms with Crippen LogP contribution < -0.4 is 0 Å². The third-order valence-electron chi connectivity index (χ3n) is 1.82. The summed E-state index contributed by atoms with van der Waals surface area (Å²) in [5, 5.41) is 9.86. The van der Waals surface area contributed by atoms with E-state index in [1.165, 1.54) is 0 Å². The van der Waals surface area contributed by atoms with Crippen LogP contribution in [0.15, 0.2) is 36.5 Å². The van der Waals surface area contributed by atoms with Crippen LogP contribution in [0, 0.1) is 6.61 Å². The fraction of sp³-hybridized carbons (Fsp3) is 0. The molecule has 1 heterocycles. The number of hydrogen-bond acceptors (Lipinski definition) is 2. The third kappa shape index (κ3) is 1.06. The van der Waals surface area contributed by atoms with E-state index in [9.17, 15) is 0 Å². The minimum atomic E-state index is 0.806. The minimum Gasteiger partial charge on any atom is -0.385 e. The van der Waals surface area contributed by atoms with Crippen LogP contribution >= 0.6 is 0 Å². The van der Waals surface area contributed by atoms with Gasteiger partial charge >= 0.3 is 0 Å². The Hall–Kier alpha value is -1.41. The Morgan fingerprint density at radius 3 is 2.83 bits per heavy atom. The van der Waals surface area contributed by atoms with Gasteiger partial charge in [0.1, 0.15) is 6.61 Å². The standard InChI is InChI=1S/C10H8NO/c12-7-8-5-6-11-10-4-2-1-3-9(8)10/h1-7,12H. The van der Waals surface area contributed by atoms with E-state index in [2.05, 4.69) is 4.98 Å². The van der Waals surface area contributed by atoms with E-state index in [4.69, 9.17) is 5.11 Å². The Morgan fingerprint density at radius 1 is 1.17 bits per heavy atom. The molecule has 1 N–H and O–H groups in total. The minimum absolute atomic E-state index is 0.806. The lowest BCUT2D eigenvalue weighted by atomic mass is 10.1. The molecule has 0 aliphatic rings. The smallest absolute Gasteiger partial charge is 0.110 e. The van der Waals surface area contributed by atoms with Crippen LogP contribution in [0.1, 0.15) is 5.56 Å². The number of aromatic nitrogens is 1. The summed E-state index contributed by atoms with van der Waals surface area (Å²) in [5.41, 5.74) is 1.71. The van der Waals surface area contributed by atoms with Gasteiger partial charge in [-0.3, -0.25) is 4.98 Å². The van der Waals surface area contributed by atoms with Crippen molar-refractivity contribution in [2.45, 2.75) is 0 Å².